The molecule has 2 atom stereocenters. The highest BCUT2D eigenvalue weighted by Gasteiger charge is 2.27. The molecule has 3 nitrogen and oxygen atoms in total. The first-order valence-corrected chi connectivity index (χ1v) is 5.34. The van der Waals surface area contributed by atoms with Crippen LogP contribution in [0, 0.1) is 6.92 Å². The summed E-state index contributed by atoms with van der Waals surface area (Å²) in [5.41, 5.74) is 1.20. The Hall–Kier alpha value is -0.960. The van der Waals surface area contributed by atoms with E-state index in [-0.39, 0.29) is 0 Å². The molecular weight excluding hydrogens is 174 g/mol. The van der Waals surface area contributed by atoms with Crippen LogP contribution in [-0.4, -0.2) is 22.6 Å². The van der Waals surface area contributed by atoms with Crippen molar-refractivity contribution in [1.82, 2.24) is 15.3 Å². The number of nitrogens with zero attached hydrogens (tertiary/aromatic N) is 2. The van der Waals surface area contributed by atoms with Gasteiger partial charge in [0.1, 0.15) is 5.82 Å². The molecule has 3 heteroatoms. The van der Waals surface area contributed by atoms with Gasteiger partial charge in [0.05, 0.1) is 0 Å². The van der Waals surface area contributed by atoms with Crippen molar-refractivity contribution >= 4 is 0 Å². The quantitative estimate of drug-likeness (QED) is 0.772. The molecule has 0 aliphatic carbocycles. The lowest BCUT2D eigenvalue weighted by molar-refractivity contribution is 0.521. The first kappa shape index (κ1) is 9.59. The molecule has 14 heavy (non-hydrogen) atoms. The molecule has 1 aromatic rings. The Balaban J connectivity index is 2.21. The molecule has 0 radical (unpaired) electrons. The summed E-state index contributed by atoms with van der Waals surface area (Å²) >= 11 is 0. The van der Waals surface area contributed by atoms with Crippen molar-refractivity contribution in [2.24, 2.45) is 0 Å². The van der Waals surface area contributed by atoms with Gasteiger partial charge in [-0.05, 0) is 32.4 Å². The molecule has 1 aliphatic heterocycles. The maximum Gasteiger partial charge on any atom is 0.125 e. The summed E-state index contributed by atoms with van der Waals surface area (Å²) in [6.45, 7) is 5.29. The zero-order valence-electron chi connectivity index (χ0n) is 8.83. The van der Waals surface area contributed by atoms with Crippen LogP contribution in [0.25, 0.3) is 0 Å². The van der Waals surface area contributed by atoms with Gasteiger partial charge in [0, 0.05) is 23.9 Å². The van der Waals surface area contributed by atoms with E-state index in [1.165, 1.54) is 18.5 Å². The van der Waals surface area contributed by atoms with Crippen LogP contribution in [0.15, 0.2) is 12.3 Å². The molecule has 2 rings (SSSR count). The molecule has 1 aromatic heterocycles. The molecule has 1 fully saturated rings. The van der Waals surface area contributed by atoms with Crippen LogP contribution in [-0.2, 0) is 0 Å². The third-order valence-electron chi connectivity index (χ3n) is 2.96. The minimum atomic E-state index is 0.585. The maximum absolute atomic E-state index is 4.50. The van der Waals surface area contributed by atoms with Gasteiger partial charge in [0.25, 0.3) is 0 Å². The van der Waals surface area contributed by atoms with Crippen LogP contribution in [0.5, 0.6) is 0 Å². The van der Waals surface area contributed by atoms with E-state index in [2.05, 4.69) is 22.2 Å². The smallest absolute Gasteiger partial charge is 0.125 e. The highest BCUT2D eigenvalue weighted by Crippen LogP contribution is 2.27. The largest absolute Gasteiger partial charge is 0.313 e. The van der Waals surface area contributed by atoms with Crippen molar-refractivity contribution in [3.05, 3.63) is 23.8 Å². The molecule has 0 spiro atoms. The van der Waals surface area contributed by atoms with Gasteiger partial charge in [0.2, 0.25) is 0 Å². The van der Waals surface area contributed by atoms with E-state index in [0.29, 0.717) is 12.0 Å². The van der Waals surface area contributed by atoms with Crippen molar-refractivity contribution in [2.75, 3.05) is 6.54 Å². The third kappa shape index (κ3) is 1.77. The molecule has 1 aliphatic rings. The van der Waals surface area contributed by atoms with Crippen LogP contribution in [0.4, 0.5) is 0 Å². The second kappa shape index (κ2) is 4.05. The van der Waals surface area contributed by atoms with Gasteiger partial charge in [-0.2, -0.15) is 0 Å². The molecule has 0 saturated carbocycles. The summed E-state index contributed by atoms with van der Waals surface area (Å²) in [6.07, 6.45) is 4.24. The Bertz CT molecular complexity index is 311. The van der Waals surface area contributed by atoms with E-state index in [1.54, 1.807) is 0 Å². The molecule has 2 unspecified atom stereocenters. The molecule has 1 saturated heterocycles. The van der Waals surface area contributed by atoms with E-state index in [1.807, 2.05) is 19.2 Å². The van der Waals surface area contributed by atoms with E-state index < -0.39 is 0 Å². The zero-order chi connectivity index (χ0) is 9.97. The zero-order valence-corrected chi connectivity index (χ0v) is 8.83. The normalized spacial score (nSPS) is 26.7. The maximum atomic E-state index is 4.50. The van der Waals surface area contributed by atoms with Crippen LogP contribution >= 0.6 is 0 Å². The fourth-order valence-corrected chi connectivity index (χ4v) is 2.23. The third-order valence-corrected chi connectivity index (χ3v) is 2.96. The predicted octanol–water partition coefficient (Wildman–Crippen LogP) is 1.64. The number of aryl methyl sites for hydroxylation is 1. The number of rotatable bonds is 2. The van der Waals surface area contributed by atoms with Gasteiger partial charge in [-0.15, -0.1) is 0 Å². The average Bonchev–Trinajstić information content (AvgIpc) is 2.65. The molecular formula is C11H17N3. The summed E-state index contributed by atoms with van der Waals surface area (Å²) in [5, 5.41) is 3.51. The van der Waals surface area contributed by atoms with E-state index in [4.69, 9.17) is 0 Å². The van der Waals surface area contributed by atoms with Gasteiger partial charge in [-0.1, -0.05) is 6.92 Å². The van der Waals surface area contributed by atoms with Gasteiger partial charge in [-0.3, -0.25) is 0 Å². The fourth-order valence-electron chi connectivity index (χ4n) is 2.23. The minimum absolute atomic E-state index is 0.585. The Morgan fingerprint density at radius 3 is 3.14 bits per heavy atom. The summed E-state index contributed by atoms with van der Waals surface area (Å²) in [7, 11) is 0. The first-order valence-electron chi connectivity index (χ1n) is 5.34. The lowest BCUT2D eigenvalue weighted by Gasteiger charge is -2.17. The van der Waals surface area contributed by atoms with E-state index in [9.17, 15) is 0 Å². The number of aromatic nitrogens is 2. The van der Waals surface area contributed by atoms with Crippen LogP contribution in [0.1, 0.15) is 37.2 Å². The standard InChI is InChI=1S/C11H17N3/c1-3-10-9(4-6-13-10)11-5-7-12-8(2)14-11/h5,7,9-10,13H,3-4,6H2,1-2H3. The predicted molar refractivity (Wildman–Crippen MR) is 56.2 cm³/mol. The van der Waals surface area contributed by atoms with E-state index in [0.717, 1.165) is 12.4 Å². The van der Waals surface area contributed by atoms with Crippen molar-refractivity contribution < 1.29 is 0 Å². The molecule has 2 heterocycles. The van der Waals surface area contributed by atoms with Crippen LogP contribution in [0.3, 0.4) is 0 Å². The Morgan fingerprint density at radius 1 is 1.57 bits per heavy atom. The Morgan fingerprint density at radius 2 is 2.43 bits per heavy atom. The van der Waals surface area contributed by atoms with Gasteiger partial charge >= 0.3 is 0 Å². The highest BCUT2D eigenvalue weighted by molar-refractivity contribution is 5.13. The summed E-state index contributed by atoms with van der Waals surface area (Å²) in [5.74, 6) is 1.46. The molecule has 76 valence electrons. The lowest BCUT2D eigenvalue weighted by atomic mass is 9.95. The number of hydrogen-bond acceptors (Lipinski definition) is 3. The van der Waals surface area contributed by atoms with Crippen molar-refractivity contribution in [3.8, 4) is 0 Å². The fraction of sp³-hybridized carbons (Fsp3) is 0.636. The van der Waals surface area contributed by atoms with Crippen LogP contribution < -0.4 is 5.32 Å². The minimum Gasteiger partial charge on any atom is -0.313 e. The second-order valence-corrected chi connectivity index (χ2v) is 3.89. The van der Waals surface area contributed by atoms with Crippen molar-refractivity contribution in [3.63, 3.8) is 0 Å². The van der Waals surface area contributed by atoms with Gasteiger partial charge in [0.15, 0.2) is 0 Å². The molecule has 0 bridgehead atoms. The highest BCUT2D eigenvalue weighted by atomic mass is 15.0. The number of hydrogen-bond donors (Lipinski definition) is 1. The summed E-state index contributed by atoms with van der Waals surface area (Å²) in [4.78, 5) is 8.63. The van der Waals surface area contributed by atoms with Gasteiger partial charge < -0.3 is 5.32 Å². The summed E-state index contributed by atoms with van der Waals surface area (Å²) < 4.78 is 0. The molecule has 0 aromatic carbocycles. The molecule has 0 amide bonds. The number of nitrogens with one attached hydrogen (secondary N) is 1. The lowest BCUT2D eigenvalue weighted by Crippen LogP contribution is -2.25. The Labute approximate surface area is 85.0 Å². The van der Waals surface area contributed by atoms with Crippen molar-refractivity contribution in [2.45, 2.75) is 38.6 Å². The SMILES string of the molecule is CCC1NCCC1c1ccnc(C)n1. The first-order chi connectivity index (χ1) is 6.81. The average molecular weight is 191 g/mol. The van der Waals surface area contributed by atoms with E-state index >= 15 is 0 Å². The Kier molecular flexibility index (Phi) is 2.77. The van der Waals surface area contributed by atoms with Crippen molar-refractivity contribution in [1.29, 1.82) is 0 Å². The monoisotopic (exact) mass is 191 g/mol. The van der Waals surface area contributed by atoms with Gasteiger partial charge in [-0.25, -0.2) is 9.97 Å². The second-order valence-electron chi connectivity index (χ2n) is 3.89. The van der Waals surface area contributed by atoms with Crippen LogP contribution in [0.2, 0.25) is 0 Å². The topological polar surface area (TPSA) is 37.8 Å². The summed E-state index contributed by atoms with van der Waals surface area (Å²) in [6, 6.07) is 2.65. The molecule has 1 N–H and O–H groups in total.